The van der Waals surface area contributed by atoms with Crippen LogP contribution in [0.25, 0.3) is 11.5 Å². The topological polar surface area (TPSA) is 160 Å². The van der Waals surface area contributed by atoms with E-state index in [1.165, 1.54) is 18.4 Å². The Morgan fingerprint density at radius 2 is 2.25 bits per heavy atom. The minimum Gasteiger partial charge on any atom is -0.464 e. The van der Waals surface area contributed by atoms with Crippen molar-refractivity contribution >= 4 is 5.97 Å². The van der Waals surface area contributed by atoms with Crippen LogP contribution in [0.1, 0.15) is 10.5 Å². The summed E-state index contributed by atoms with van der Waals surface area (Å²) in [6, 6.07) is 2.99. The fraction of sp³-hybridized carbons (Fsp3) is 0.462. The third-order valence-corrected chi connectivity index (χ3v) is 3.70. The molecule has 0 bridgehead atoms. The van der Waals surface area contributed by atoms with Crippen LogP contribution in [0.15, 0.2) is 22.8 Å². The van der Waals surface area contributed by atoms with Crippen molar-refractivity contribution in [1.82, 2.24) is 15.0 Å². The molecule has 0 amide bonds. The number of methoxy groups -OCH3 is 1. The van der Waals surface area contributed by atoms with Crippen molar-refractivity contribution in [3.05, 3.63) is 24.1 Å². The van der Waals surface area contributed by atoms with Gasteiger partial charge in [0.05, 0.1) is 20.0 Å². The molecule has 0 unspecified atom stereocenters. The minimum atomic E-state index is -2.58. The van der Waals surface area contributed by atoms with Gasteiger partial charge in [-0.1, -0.05) is 5.21 Å². The molecule has 1 aliphatic heterocycles. The van der Waals surface area contributed by atoms with Crippen LogP contribution >= 0.6 is 0 Å². The van der Waals surface area contributed by atoms with Crippen LogP contribution in [0.5, 0.6) is 0 Å². The van der Waals surface area contributed by atoms with Crippen LogP contribution in [0.3, 0.4) is 0 Å². The molecule has 0 radical (unpaired) electrons. The summed E-state index contributed by atoms with van der Waals surface area (Å²) < 4.78 is 15.7. The van der Waals surface area contributed by atoms with Gasteiger partial charge in [-0.2, -0.15) is 4.68 Å². The molecule has 2 aromatic heterocycles. The molecule has 0 aromatic carbocycles. The number of carbonyl (C=O) groups excluding carboxylic acids is 1. The number of aliphatic hydroxyl groups excluding tert-OH is 3. The second-order valence-corrected chi connectivity index (χ2v) is 5.10. The summed E-state index contributed by atoms with van der Waals surface area (Å²) in [5.74, 6) is -3.34. The maximum atomic E-state index is 11.9. The van der Waals surface area contributed by atoms with Crippen LogP contribution in [0.4, 0.5) is 0 Å². The molecular formula is C13H15N3O8. The van der Waals surface area contributed by atoms with Crippen molar-refractivity contribution in [3.8, 4) is 11.5 Å². The lowest BCUT2D eigenvalue weighted by molar-refractivity contribution is -0.294. The number of furan rings is 1. The predicted molar refractivity (Wildman–Crippen MR) is 73.2 cm³/mol. The van der Waals surface area contributed by atoms with E-state index >= 15 is 0 Å². The van der Waals surface area contributed by atoms with Gasteiger partial charge < -0.3 is 34.3 Å². The molecule has 1 saturated heterocycles. The number of hydrogen-bond acceptors (Lipinski definition) is 10. The van der Waals surface area contributed by atoms with Crippen LogP contribution < -0.4 is 0 Å². The number of aliphatic hydroxyl groups is 4. The molecule has 3 rings (SSSR count). The summed E-state index contributed by atoms with van der Waals surface area (Å²) >= 11 is 0. The van der Waals surface area contributed by atoms with Crippen molar-refractivity contribution in [3.63, 3.8) is 0 Å². The van der Waals surface area contributed by atoms with Crippen molar-refractivity contribution in [2.75, 3.05) is 13.7 Å². The predicted octanol–water partition coefficient (Wildman–Crippen LogP) is -1.96. The van der Waals surface area contributed by atoms with Crippen molar-refractivity contribution in [2.24, 2.45) is 0 Å². The van der Waals surface area contributed by atoms with Crippen molar-refractivity contribution < 1.29 is 39.1 Å². The molecule has 1 fully saturated rings. The van der Waals surface area contributed by atoms with Crippen molar-refractivity contribution in [2.45, 2.75) is 24.2 Å². The summed E-state index contributed by atoms with van der Waals surface area (Å²) in [7, 11) is 1.13. The maximum Gasteiger partial charge on any atom is 0.361 e. The Hall–Kier alpha value is -2.31. The average Bonchev–Trinajstić information content (AvgIpc) is 3.29. The van der Waals surface area contributed by atoms with E-state index in [1.807, 2.05) is 0 Å². The average molecular weight is 341 g/mol. The van der Waals surface area contributed by atoms with Crippen LogP contribution in [-0.4, -0.2) is 73.4 Å². The number of aromatic nitrogens is 3. The Balaban J connectivity index is 2.15. The van der Waals surface area contributed by atoms with Gasteiger partial charge in [0.15, 0.2) is 11.9 Å². The Morgan fingerprint density at radius 3 is 2.79 bits per heavy atom. The molecule has 11 nitrogen and oxygen atoms in total. The van der Waals surface area contributed by atoms with Gasteiger partial charge in [-0.15, -0.1) is 5.10 Å². The molecule has 11 heteroatoms. The number of rotatable bonds is 4. The first-order valence-corrected chi connectivity index (χ1v) is 6.89. The van der Waals surface area contributed by atoms with Crippen LogP contribution in [-0.2, 0) is 15.4 Å². The number of esters is 1. The summed E-state index contributed by atoms with van der Waals surface area (Å²) in [5.41, 5.74) is -0.419. The zero-order chi connectivity index (χ0) is 17.5. The first-order valence-electron chi connectivity index (χ1n) is 6.89. The molecule has 0 spiro atoms. The molecule has 0 aliphatic carbocycles. The fourth-order valence-corrected chi connectivity index (χ4v) is 2.48. The SMILES string of the molecule is COC(=O)c1nnn([C@@]2(O)O[C@H](CO)[C@@H](O)[C@H]2O)c1-c1ccco1. The molecule has 130 valence electrons. The molecule has 4 atom stereocenters. The van der Waals surface area contributed by atoms with Gasteiger partial charge in [-0.25, -0.2) is 4.79 Å². The van der Waals surface area contributed by atoms with Gasteiger partial charge >= 0.3 is 11.9 Å². The molecular weight excluding hydrogens is 326 g/mol. The third-order valence-electron chi connectivity index (χ3n) is 3.70. The van der Waals surface area contributed by atoms with Gasteiger partial charge in [0.1, 0.15) is 17.9 Å². The Kier molecular flexibility index (Phi) is 4.11. The van der Waals surface area contributed by atoms with Gasteiger partial charge in [-0.3, -0.25) is 0 Å². The Morgan fingerprint density at radius 1 is 1.50 bits per heavy atom. The van der Waals surface area contributed by atoms with Crippen LogP contribution in [0, 0.1) is 0 Å². The number of ether oxygens (including phenoxy) is 2. The lowest BCUT2D eigenvalue weighted by Crippen LogP contribution is -2.46. The normalized spacial score (nSPS) is 29.8. The van der Waals surface area contributed by atoms with Gasteiger partial charge in [0.25, 0.3) is 0 Å². The van der Waals surface area contributed by atoms with E-state index in [4.69, 9.17) is 9.15 Å². The summed E-state index contributed by atoms with van der Waals surface area (Å²) in [6.45, 7) is -0.658. The molecule has 2 aromatic rings. The minimum absolute atomic E-state index is 0.0894. The highest BCUT2D eigenvalue weighted by Crippen LogP contribution is 2.37. The monoisotopic (exact) mass is 341 g/mol. The lowest BCUT2D eigenvalue weighted by Gasteiger charge is -2.26. The van der Waals surface area contributed by atoms with E-state index in [0.717, 1.165) is 7.11 Å². The van der Waals surface area contributed by atoms with E-state index < -0.39 is 36.8 Å². The van der Waals surface area contributed by atoms with E-state index in [0.29, 0.717) is 4.68 Å². The third kappa shape index (κ3) is 2.30. The van der Waals surface area contributed by atoms with E-state index in [9.17, 15) is 25.2 Å². The quantitative estimate of drug-likeness (QED) is 0.460. The summed E-state index contributed by atoms with van der Waals surface area (Å²) in [4.78, 5) is 11.9. The molecule has 1 aliphatic rings. The first-order chi connectivity index (χ1) is 11.4. The number of nitrogens with zero attached hydrogens (tertiary/aromatic N) is 3. The molecule has 0 saturated carbocycles. The van der Waals surface area contributed by atoms with Gasteiger partial charge in [0.2, 0.25) is 5.69 Å². The lowest BCUT2D eigenvalue weighted by atomic mass is 10.1. The molecule has 4 N–H and O–H groups in total. The second-order valence-electron chi connectivity index (χ2n) is 5.10. The zero-order valence-electron chi connectivity index (χ0n) is 12.4. The fourth-order valence-electron chi connectivity index (χ4n) is 2.48. The maximum absolute atomic E-state index is 11.9. The number of hydrogen-bond donors (Lipinski definition) is 4. The van der Waals surface area contributed by atoms with Crippen LogP contribution in [0.2, 0.25) is 0 Å². The van der Waals surface area contributed by atoms with E-state index in [2.05, 4.69) is 15.0 Å². The zero-order valence-corrected chi connectivity index (χ0v) is 12.4. The standard InChI is InChI=1S/C13H15N3O8/c1-22-12(20)8-9(6-3-2-4-23-6)16(15-14-8)13(21)11(19)10(18)7(5-17)24-13/h2-4,7,10-11,17-19,21H,5H2,1H3/t7-,10-,11-,13+/m1/s1. The highest BCUT2D eigenvalue weighted by Gasteiger charge is 2.57. The largest absolute Gasteiger partial charge is 0.464 e. The van der Waals surface area contributed by atoms with E-state index in [1.54, 1.807) is 0 Å². The summed E-state index contributed by atoms with van der Waals surface area (Å²) in [6.07, 6.45) is -3.40. The van der Waals surface area contributed by atoms with E-state index in [-0.39, 0.29) is 17.1 Å². The van der Waals surface area contributed by atoms with Gasteiger partial charge in [-0.05, 0) is 12.1 Å². The molecule has 3 heterocycles. The number of carbonyl (C=O) groups is 1. The smallest absolute Gasteiger partial charge is 0.361 e. The first kappa shape index (κ1) is 16.5. The second kappa shape index (κ2) is 5.96. The Bertz CT molecular complexity index is 730. The highest BCUT2D eigenvalue weighted by atomic mass is 16.7. The van der Waals surface area contributed by atoms with Crippen molar-refractivity contribution in [1.29, 1.82) is 0 Å². The molecule has 24 heavy (non-hydrogen) atoms. The summed E-state index contributed by atoms with van der Waals surface area (Å²) in [5, 5.41) is 47.1. The Labute approximate surface area is 134 Å². The highest BCUT2D eigenvalue weighted by molar-refractivity contribution is 5.93. The van der Waals surface area contributed by atoms with Gasteiger partial charge in [0, 0.05) is 0 Å².